The van der Waals surface area contributed by atoms with Crippen LogP contribution in [0, 0.1) is 11.3 Å². The average molecular weight is 461 g/mol. The van der Waals surface area contributed by atoms with Gasteiger partial charge >= 0.3 is 0 Å². The lowest BCUT2D eigenvalue weighted by molar-refractivity contribution is 0.324. The third kappa shape index (κ3) is 3.82. The van der Waals surface area contributed by atoms with Gasteiger partial charge in [-0.25, -0.2) is 21.9 Å². The average Bonchev–Trinajstić information content (AvgIpc) is 3.09. The Bertz CT molecular complexity index is 1280. The number of halogens is 2. The molecule has 0 unspecified atom stereocenters. The molecule has 0 aliphatic heterocycles. The van der Waals surface area contributed by atoms with Crippen LogP contribution in [0.15, 0.2) is 41.4 Å². The molecule has 168 valence electrons. The predicted octanol–water partition coefficient (Wildman–Crippen LogP) is 3.89. The SMILES string of the molecule is COc1ccc2c(c1)c(C#N)c(-c1ccc(S(=O)(=O)NC(CF)CF)cn1)n2C1CCC1. The summed E-state index contributed by atoms with van der Waals surface area (Å²) in [5.41, 5.74) is 2.37. The zero-order chi connectivity index (χ0) is 22.9. The van der Waals surface area contributed by atoms with Crippen LogP contribution in [0.4, 0.5) is 8.78 Å². The molecule has 2 heterocycles. The molecule has 7 nitrogen and oxygen atoms in total. The summed E-state index contributed by atoms with van der Waals surface area (Å²) in [5, 5.41) is 10.7. The van der Waals surface area contributed by atoms with E-state index in [2.05, 4.69) is 15.6 Å². The fourth-order valence-corrected chi connectivity index (χ4v) is 5.02. The minimum atomic E-state index is -4.13. The number of sulfonamides is 1. The molecule has 2 aromatic heterocycles. The molecular weight excluding hydrogens is 438 g/mol. The summed E-state index contributed by atoms with van der Waals surface area (Å²) in [6.07, 6.45) is 4.16. The number of hydrogen-bond acceptors (Lipinski definition) is 5. The van der Waals surface area contributed by atoms with E-state index in [1.165, 1.54) is 12.1 Å². The number of nitrogens with zero attached hydrogens (tertiary/aromatic N) is 3. The first-order valence-corrected chi connectivity index (χ1v) is 11.6. The summed E-state index contributed by atoms with van der Waals surface area (Å²) < 4.78 is 59.8. The number of pyridine rings is 1. The number of fused-ring (bicyclic) bond motifs is 1. The molecule has 0 radical (unpaired) electrons. The molecule has 10 heteroatoms. The second-order valence-corrected chi connectivity index (χ2v) is 9.39. The van der Waals surface area contributed by atoms with Gasteiger partial charge < -0.3 is 9.30 Å². The van der Waals surface area contributed by atoms with Crippen LogP contribution in [0.2, 0.25) is 0 Å². The summed E-state index contributed by atoms with van der Waals surface area (Å²) in [6, 6.07) is 9.42. The number of aromatic nitrogens is 2. The van der Waals surface area contributed by atoms with Gasteiger partial charge in [0, 0.05) is 17.6 Å². The smallest absolute Gasteiger partial charge is 0.242 e. The van der Waals surface area contributed by atoms with Crippen LogP contribution in [0.5, 0.6) is 5.75 Å². The van der Waals surface area contributed by atoms with E-state index >= 15 is 0 Å². The van der Waals surface area contributed by atoms with E-state index < -0.39 is 29.4 Å². The lowest BCUT2D eigenvalue weighted by atomic mass is 9.92. The van der Waals surface area contributed by atoms with Crippen molar-refractivity contribution in [1.29, 1.82) is 5.26 Å². The van der Waals surface area contributed by atoms with Crippen molar-refractivity contribution in [3.05, 3.63) is 42.1 Å². The van der Waals surface area contributed by atoms with Gasteiger partial charge in [-0.15, -0.1) is 0 Å². The number of alkyl halides is 2. The molecule has 0 saturated heterocycles. The molecule has 0 amide bonds. The van der Waals surface area contributed by atoms with Crippen LogP contribution >= 0.6 is 0 Å². The van der Waals surface area contributed by atoms with Gasteiger partial charge in [-0.05, 0) is 49.6 Å². The quantitative estimate of drug-likeness (QED) is 0.550. The normalized spacial score (nSPS) is 14.5. The van der Waals surface area contributed by atoms with E-state index in [0.717, 1.165) is 36.4 Å². The number of nitrogens with one attached hydrogen (secondary N) is 1. The lowest BCUT2D eigenvalue weighted by Gasteiger charge is -2.30. The molecule has 1 aliphatic carbocycles. The Kier molecular flexibility index (Phi) is 6.13. The first-order valence-electron chi connectivity index (χ1n) is 10.2. The second-order valence-electron chi connectivity index (χ2n) is 7.68. The number of hydrogen-bond donors (Lipinski definition) is 1. The van der Waals surface area contributed by atoms with E-state index in [1.54, 1.807) is 7.11 Å². The summed E-state index contributed by atoms with van der Waals surface area (Å²) in [7, 11) is -2.58. The van der Waals surface area contributed by atoms with E-state index in [4.69, 9.17) is 4.74 Å². The molecule has 4 rings (SSSR count). The molecule has 3 aromatic rings. The van der Waals surface area contributed by atoms with Crippen molar-refractivity contribution in [2.75, 3.05) is 20.5 Å². The molecule has 1 aliphatic rings. The molecule has 1 N–H and O–H groups in total. The molecular formula is C22H22F2N4O3S. The summed E-state index contributed by atoms with van der Waals surface area (Å²) in [6.45, 7) is -2.31. The van der Waals surface area contributed by atoms with Gasteiger partial charge in [0.2, 0.25) is 10.0 Å². The highest BCUT2D eigenvalue weighted by atomic mass is 32.2. The molecule has 1 fully saturated rings. The minimum Gasteiger partial charge on any atom is -0.497 e. The van der Waals surface area contributed by atoms with Gasteiger partial charge in [-0.1, -0.05) is 0 Å². The highest BCUT2D eigenvalue weighted by Crippen LogP contribution is 2.42. The molecule has 1 saturated carbocycles. The maximum atomic E-state index is 12.8. The zero-order valence-electron chi connectivity index (χ0n) is 17.4. The topological polar surface area (TPSA) is 97.0 Å². The van der Waals surface area contributed by atoms with Crippen molar-refractivity contribution in [2.24, 2.45) is 0 Å². The second kappa shape index (κ2) is 8.84. The Hall–Kier alpha value is -3.03. The van der Waals surface area contributed by atoms with E-state index in [0.29, 0.717) is 22.7 Å². The van der Waals surface area contributed by atoms with Crippen LogP contribution in [0.25, 0.3) is 22.3 Å². The van der Waals surface area contributed by atoms with Gasteiger partial charge in [0.15, 0.2) is 0 Å². The standard InChI is InChI=1S/C22H22F2N4O3S/c1-31-16-5-8-21-18(9-16)19(12-25)22(28(21)15-3-2-4-15)20-7-6-17(13-26-20)32(29,30)27-14(10-23)11-24/h5-9,13-15,27H,2-4,10-11H2,1H3. The highest BCUT2D eigenvalue weighted by Gasteiger charge is 2.29. The Morgan fingerprint density at radius 2 is 2.03 bits per heavy atom. The molecule has 1 aromatic carbocycles. The Balaban J connectivity index is 1.82. The molecule has 0 spiro atoms. The number of nitriles is 1. The zero-order valence-corrected chi connectivity index (χ0v) is 18.2. The van der Waals surface area contributed by atoms with E-state index in [1.807, 2.05) is 22.9 Å². The van der Waals surface area contributed by atoms with E-state index in [-0.39, 0.29) is 10.9 Å². The van der Waals surface area contributed by atoms with Crippen molar-refractivity contribution in [1.82, 2.24) is 14.3 Å². The monoisotopic (exact) mass is 460 g/mol. The predicted molar refractivity (Wildman–Crippen MR) is 115 cm³/mol. The first kappa shape index (κ1) is 22.2. The van der Waals surface area contributed by atoms with Crippen molar-refractivity contribution < 1.29 is 21.9 Å². The lowest BCUT2D eigenvalue weighted by Crippen LogP contribution is -2.37. The van der Waals surface area contributed by atoms with Crippen molar-refractivity contribution in [2.45, 2.75) is 36.2 Å². The third-order valence-electron chi connectivity index (χ3n) is 5.75. The molecule has 32 heavy (non-hydrogen) atoms. The van der Waals surface area contributed by atoms with Crippen LogP contribution < -0.4 is 9.46 Å². The highest BCUT2D eigenvalue weighted by molar-refractivity contribution is 7.89. The largest absolute Gasteiger partial charge is 0.497 e. The Labute approximate surface area is 184 Å². The van der Waals surface area contributed by atoms with Gasteiger partial charge in [0.1, 0.15) is 30.1 Å². The number of rotatable bonds is 8. The van der Waals surface area contributed by atoms with Crippen LogP contribution in [0.1, 0.15) is 30.9 Å². The van der Waals surface area contributed by atoms with Crippen LogP contribution in [-0.2, 0) is 10.0 Å². The van der Waals surface area contributed by atoms with Gasteiger partial charge in [0.25, 0.3) is 0 Å². The first-order chi connectivity index (χ1) is 15.4. The number of ether oxygens (including phenoxy) is 1. The number of benzene rings is 1. The van der Waals surface area contributed by atoms with Crippen molar-refractivity contribution >= 4 is 20.9 Å². The van der Waals surface area contributed by atoms with Gasteiger partial charge in [-0.3, -0.25) is 4.98 Å². The molecule has 0 bridgehead atoms. The van der Waals surface area contributed by atoms with Gasteiger partial charge in [0.05, 0.1) is 35.6 Å². The Morgan fingerprint density at radius 3 is 2.56 bits per heavy atom. The number of methoxy groups -OCH3 is 1. The minimum absolute atomic E-state index is 0.209. The maximum Gasteiger partial charge on any atom is 0.242 e. The maximum absolute atomic E-state index is 12.8. The molecule has 0 atom stereocenters. The summed E-state index contributed by atoms with van der Waals surface area (Å²) in [4.78, 5) is 4.10. The van der Waals surface area contributed by atoms with Crippen LogP contribution in [-0.4, -0.2) is 44.5 Å². The fourth-order valence-electron chi connectivity index (χ4n) is 3.88. The van der Waals surface area contributed by atoms with Crippen LogP contribution in [0.3, 0.4) is 0 Å². The third-order valence-corrected chi connectivity index (χ3v) is 7.25. The summed E-state index contributed by atoms with van der Waals surface area (Å²) >= 11 is 0. The summed E-state index contributed by atoms with van der Waals surface area (Å²) in [5.74, 6) is 0.627. The van der Waals surface area contributed by atoms with E-state index in [9.17, 15) is 22.5 Å². The fraction of sp³-hybridized carbons (Fsp3) is 0.364. The Morgan fingerprint density at radius 1 is 1.28 bits per heavy atom. The van der Waals surface area contributed by atoms with Crippen molar-refractivity contribution in [3.63, 3.8) is 0 Å². The van der Waals surface area contributed by atoms with Gasteiger partial charge in [-0.2, -0.15) is 5.26 Å². The van der Waals surface area contributed by atoms with Crippen molar-refractivity contribution in [3.8, 4) is 23.2 Å².